The Balaban J connectivity index is 3.93. The van der Waals surface area contributed by atoms with E-state index in [0.717, 1.165) is 6.42 Å². The minimum Gasteiger partial charge on any atom is -0.428 e. The second-order valence-corrected chi connectivity index (χ2v) is 2.98. The summed E-state index contributed by atoms with van der Waals surface area (Å²) in [5.41, 5.74) is 0.527. The minimum absolute atomic E-state index is 0.471. The Bertz CT molecular complexity index is 164. The smallest absolute Gasteiger partial charge is 0.335 e. The van der Waals surface area contributed by atoms with Gasteiger partial charge in [0.05, 0.1) is 0 Å². The fourth-order valence-electron chi connectivity index (χ4n) is 0.563. The van der Waals surface area contributed by atoms with Crippen molar-refractivity contribution in [2.75, 3.05) is 0 Å². The molecule has 0 bridgehead atoms. The van der Waals surface area contributed by atoms with Crippen molar-refractivity contribution in [3.63, 3.8) is 0 Å². The van der Waals surface area contributed by atoms with Crippen LogP contribution in [0.1, 0.15) is 20.3 Å². The normalized spacial score (nSPS) is 11.9. The Morgan fingerprint density at radius 2 is 2.18 bits per heavy atom. The molecule has 0 rings (SSSR count). The van der Waals surface area contributed by atoms with E-state index >= 15 is 0 Å². The van der Waals surface area contributed by atoms with E-state index in [-0.39, 0.29) is 0 Å². The Labute approximate surface area is 76.1 Å². The third-order valence-electron chi connectivity index (χ3n) is 1.03. The van der Waals surface area contributed by atoms with E-state index in [9.17, 15) is 4.79 Å². The van der Waals surface area contributed by atoms with E-state index < -0.39 is 11.0 Å². The largest absolute Gasteiger partial charge is 0.428 e. The van der Waals surface area contributed by atoms with Gasteiger partial charge >= 0.3 is 5.97 Å². The molecule has 4 heteroatoms. The highest BCUT2D eigenvalue weighted by Gasteiger charge is 2.08. The van der Waals surface area contributed by atoms with Gasteiger partial charge in [0.1, 0.15) is 0 Å². The van der Waals surface area contributed by atoms with Crippen molar-refractivity contribution in [2.45, 2.75) is 25.3 Å². The first kappa shape index (κ1) is 10.8. The predicted octanol–water partition coefficient (Wildman–Crippen LogP) is 2.65. The minimum atomic E-state index is -1.08. The quantitative estimate of drug-likeness (QED) is 0.395. The summed E-state index contributed by atoms with van der Waals surface area (Å²) >= 11 is 10.4. The van der Waals surface area contributed by atoms with E-state index in [2.05, 4.69) is 4.74 Å². The van der Waals surface area contributed by atoms with Crippen LogP contribution in [-0.2, 0) is 9.53 Å². The summed E-state index contributed by atoms with van der Waals surface area (Å²) in [4.78, 5) is 10.9. The van der Waals surface area contributed by atoms with E-state index in [4.69, 9.17) is 23.2 Å². The summed E-state index contributed by atoms with van der Waals surface area (Å²) in [5.74, 6) is -0.471. The molecule has 0 amide bonds. The maximum atomic E-state index is 10.9. The molecule has 0 unspecified atom stereocenters. The topological polar surface area (TPSA) is 26.3 Å². The Kier molecular flexibility index (Phi) is 5.34. The lowest BCUT2D eigenvalue weighted by Crippen LogP contribution is -2.08. The maximum Gasteiger partial charge on any atom is 0.335 e. The molecule has 0 aromatic rings. The number of hydrogen-bond acceptors (Lipinski definition) is 2. The Morgan fingerprint density at radius 1 is 1.64 bits per heavy atom. The molecule has 0 spiro atoms. The van der Waals surface area contributed by atoms with Crippen molar-refractivity contribution in [2.24, 2.45) is 0 Å². The number of carbonyl (C=O) groups excluding carboxylic acids is 1. The van der Waals surface area contributed by atoms with Crippen molar-refractivity contribution in [1.82, 2.24) is 0 Å². The van der Waals surface area contributed by atoms with Gasteiger partial charge in [0.2, 0.25) is 0 Å². The molecule has 0 radical (unpaired) electrons. The molecule has 0 heterocycles. The van der Waals surface area contributed by atoms with Crippen LogP contribution in [0.2, 0.25) is 0 Å². The van der Waals surface area contributed by atoms with E-state index in [0.29, 0.717) is 5.57 Å². The van der Waals surface area contributed by atoms with Crippen LogP contribution in [0.4, 0.5) is 0 Å². The van der Waals surface area contributed by atoms with E-state index in [1.165, 1.54) is 0 Å². The number of hydrogen-bond donors (Lipinski definition) is 0. The van der Waals surface area contributed by atoms with Crippen LogP contribution in [0.3, 0.4) is 0 Å². The predicted molar refractivity (Wildman–Crippen MR) is 45.6 cm³/mol. The second kappa shape index (κ2) is 5.44. The zero-order valence-electron chi connectivity index (χ0n) is 6.43. The van der Waals surface area contributed by atoms with Gasteiger partial charge in [0.25, 0.3) is 5.02 Å². The molecule has 0 aliphatic carbocycles. The number of carbonyl (C=O) groups is 1. The maximum absolute atomic E-state index is 10.9. The van der Waals surface area contributed by atoms with Crippen molar-refractivity contribution >= 4 is 29.2 Å². The lowest BCUT2D eigenvalue weighted by molar-refractivity contribution is -0.138. The second-order valence-electron chi connectivity index (χ2n) is 1.96. The van der Waals surface area contributed by atoms with Crippen molar-refractivity contribution in [1.29, 1.82) is 0 Å². The molecule has 0 saturated carbocycles. The van der Waals surface area contributed by atoms with Gasteiger partial charge in [-0.2, -0.15) is 0 Å². The summed E-state index contributed by atoms with van der Waals surface area (Å²) < 4.78 is 4.49. The van der Waals surface area contributed by atoms with Crippen LogP contribution in [0, 0.1) is 0 Å². The van der Waals surface area contributed by atoms with Gasteiger partial charge in [-0.05, 0) is 13.3 Å². The lowest BCUT2D eigenvalue weighted by Gasteiger charge is -2.03. The van der Waals surface area contributed by atoms with Crippen LogP contribution in [0.5, 0.6) is 0 Å². The molecule has 0 aliphatic heterocycles. The number of esters is 1. The molecule has 64 valence electrons. The molecule has 0 aromatic carbocycles. The first-order valence-corrected chi connectivity index (χ1v) is 4.11. The van der Waals surface area contributed by atoms with Gasteiger partial charge in [-0.15, -0.1) is 0 Å². The van der Waals surface area contributed by atoms with E-state index in [1.54, 1.807) is 13.0 Å². The Morgan fingerprint density at radius 3 is 2.55 bits per heavy atom. The highest BCUT2D eigenvalue weighted by Crippen LogP contribution is 2.07. The van der Waals surface area contributed by atoms with Crippen molar-refractivity contribution in [3.8, 4) is 0 Å². The first-order chi connectivity index (χ1) is 5.07. The molecule has 0 aliphatic rings. The summed E-state index contributed by atoms with van der Waals surface area (Å²) in [6, 6.07) is 0. The van der Waals surface area contributed by atoms with Crippen LogP contribution < -0.4 is 0 Å². The van der Waals surface area contributed by atoms with Gasteiger partial charge in [-0.1, -0.05) is 36.2 Å². The number of alkyl halides is 2. The average Bonchev–Trinajstić information content (AvgIpc) is 1.86. The van der Waals surface area contributed by atoms with Crippen molar-refractivity contribution < 1.29 is 9.53 Å². The molecule has 0 aromatic heterocycles. The third kappa shape index (κ3) is 5.10. The van der Waals surface area contributed by atoms with Crippen LogP contribution in [0.25, 0.3) is 0 Å². The molecular weight excluding hydrogens is 187 g/mol. The standard InChI is InChI=1S/C7H10Cl2O2/c1-3-4-5(2)6(10)11-7(8)9/h4,7H,3H2,1-2H3. The summed E-state index contributed by atoms with van der Waals surface area (Å²) in [7, 11) is 0. The number of halogens is 2. The van der Waals surface area contributed by atoms with Gasteiger partial charge in [0.15, 0.2) is 0 Å². The van der Waals surface area contributed by atoms with Gasteiger partial charge in [-0.3, -0.25) is 0 Å². The zero-order chi connectivity index (χ0) is 8.85. The fraction of sp³-hybridized carbons (Fsp3) is 0.571. The van der Waals surface area contributed by atoms with Crippen LogP contribution in [0.15, 0.2) is 11.6 Å². The number of ether oxygens (including phenoxy) is 1. The monoisotopic (exact) mass is 196 g/mol. The number of allylic oxidation sites excluding steroid dienone is 1. The Hall–Kier alpha value is -0.210. The zero-order valence-corrected chi connectivity index (χ0v) is 7.95. The van der Waals surface area contributed by atoms with Gasteiger partial charge in [0, 0.05) is 5.57 Å². The highest BCUT2D eigenvalue weighted by molar-refractivity contribution is 6.43. The van der Waals surface area contributed by atoms with Gasteiger partial charge < -0.3 is 4.74 Å². The SMILES string of the molecule is CCC=C(C)C(=O)OC(Cl)Cl. The average molecular weight is 197 g/mol. The highest BCUT2D eigenvalue weighted by atomic mass is 35.5. The van der Waals surface area contributed by atoms with Gasteiger partial charge in [-0.25, -0.2) is 4.79 Å². The molecular formula is C7H10Cl2O2. The third-order valence-corrected chi connectivity index (χ3v) is 1.21. The molecule has 0 atom stereocenters. The molecule has 0 fully saturated rings. The van der Waals surface area contributed by atoms with E-state index in [1.807, 2.05) is 6.92 Å². The van der Waals surface area contributed by atoms with Crippen LogP contribution in [-0.4, -0.2) is 11.0 Å². The first-order valence-electron chi connectivity index (χ1n) is 3.23. The molecule has 11 heavy (non-hydrogen) atoms. The van der Waals surface area contributed by atoms with Crippen molar-refractivity contribution in [3.05, 3.63) is 11.6 Å². The summed E-state index contributed by atoms with van der Waals surface area (Å²) in [6.45, 7) is 3.58. The number of rotatable bonds is 3. The molecule has 0 saturated heterocycles. The molecule has 2 nitrogen and oxygen atoms in total. The van der Waals surface area contributed by atoms with Crippen LogP contribution >= 0.6 is 23.2 Å². The summed E-state index contributed by atoms with van der Waals surface area (Å²) in [6.07, 6.45) is 2.54. The summed E-state index contributed by atoms with van der Waals surface area (Å²) in [5, 5.41) is -1.08. The molecule has 0 N–H and O–H groups in total. The fourth-order valence-corrected chi connectivity index (χ4v) is 0.725. The lowest BCUT2D eigenvalue weighted by atomic mass is 10.2.